The van der Waals surface area contributed by atoms with Crippen molar-refractivity contribution in [1.29, 1.82) is 0 Å². The number of ether oxygens (including phenoxy) is 6. The van der Waals surface area contributed by atoms with Gasteiger partial charge in [0.1, 0.15) is 24.8 Å². The van der Waals surface area contributed by atoms with E-state index in [1.54, 1.807) is 14.2 Å². The molecule has 0 aliphatic carbocycles. The Kier molecular flexibility index (Phi) is 15.2. The smallest absolute Gasteiger partial charge is 0.261 e. The van der Waals surface area contributed by atoms with Gasteiger partial charge in [0.15, 0.2) is 0 Å². The van der Waals surface area contributed by atoms with Crippen LogP contribution < -0.4 is 15.1 Å². The Morgan fingerprint density at radius 2 is 1.38 bits per heavy atom. The molecule has 0 bridgehead atoms. The van der Waals surface area contributed by atoms with Gasteiger partial charge in [-0.15, -0.1) is 0 Å². The molecule has 1 heterocycles. The van der Waals surface area contributed by atoms with Crippen LogP contribution in [0.2, 0.25) is 5.04 Å². The summed E-state index contributed by atoms with van der Waals surface area (Å²) in [5.74, 6) is 0.755. The van der Waals surface area contributed by atoms with Gasteiger partial charge in [-0.1, -0.05) is 131 Å². The van der Waals surface area contributed by atoms with Crippen molar-refractivity contribution >= 4 is 18.7 Å². The van der Waals surface area contributed by atoms with Gasteiger partial charge < -0.3 is 38.0 Å². The molecule has 0 amide bonds. The molecule has 0 spiro atoms. The van der Waals surface area contributed by atoms with Crippen molar-refractivity contribution in [3.63, 3.8) is 0 Å². The lowest BCUT2D eigenvalue weighted by molar-refractivity contribution is -0.165. The summed E-state index contributed by atoms with van der Waals surface area (Å²) in [5, 5.41) is 14.2. The molecule has 1 saturated heterocycles. The molecule has 4 aromatic carbocycles. The quantitative estimate of drug-likeness (QED) is 0.0595. The maximum Gasteiger partial charge on any atom is 0.261 e. The zero-order valence-electron chi connectivity index (χ0n) is 32.2. The number of aliphatic hydroxyl groups excluding tert-OH is 1. The topological polar surface area (TPSA) is 84.8 Å². The van der Waals surface area contributed by atoms with Gasteiger partial charge in [-0.25, -0.2) is 0 Å². The predicted molar refractivity (Wildman–Crippen MR) is 211 cm³/mol. The Hall–Kier alpha value is -3.38. The molecule has 1 fully saturated rings. The molecular formula is C44H58O8Si. The second kappa shape index (κ2) is 19.8. The van der Waals surface area contributed by atoms with E-state index in [4.69, 9.17) is 32.8 Å². The summed E-state index contributed by atoms with van der Waals surface area (Å²) in [4.78, 5) is 0. The van der Waals surface area contributed by atoms with Crippen molar-refractivity contribution < 1.29 is 38.0 Å². The molecular weight excluding hydrogens is 685 g/mol. The molecule has 53 heavy (non-hydrogen) atoms. The van der Waals surface area contributed by atoms with E-state index >= 15 is 0 Å². The lowest BCUT2D eigenvalue weighted by atomic mass is 9.92. The molecule has 4 aromatic rings. The highest BCUT2D eigenvalue weighted by Crippen LogP contribution is 2.38. The number of benzene rings is 4. The summed E-state index contributed by atoms with van der Waals surface area (Å²) in [5.41, 5.74) is 2.14. The zero-order chi connectivity index (χ0) is 37.7. The minimum atomic E-state index is -2.86. The third-order valence-corrected chi connectivity index (χ3v) is 15.2. The van der Waals surface area contributed by atoms with Crippen LogP contribution in [0.1, 0.15) is 51.7 Å². The highest BCUT2D eigenvalue weighted by atomic mass is 28.4. The third-order valence-electron chi connectivity index (χ3n) is 10.2. The van der Waals surface area contributed by atoms with Crippen LogP contribution >= 0.6 is 0 Å². The van der Waals surface area contributed by atoms with Crippen LogP contribution in [0.15, 0.2) is 115 Å². The van der Waals surface area contributed by atoms with Crippen LogP contribution in [-0.2, 0) is 41.3 Å². The second-order valence-corrected chi connectivity index (χ2v) is 19.3. The summed E-state index contributed by atoms with van der Waals surface area (Å²) in [6.45, 7) is 10.7. The number of rotatable bonds is 20. The average molecular weight is 743 g/mol. The molecule has 1 aliphatic rings. The third kappa shape index (κ3) is 10.6. The van der Waals surface area contributed by atoms with Crippen LogP contribution in [0, 0.1) is 5.92 Å². The Balaban J connectivity index is 1.36. The van der Waals surface area contributed by atoms with E-state index < -0.39 is 32.7 Å². The van der Waals surface area contributed by atoms with Gasteiger partial charge in [0.2, 0.25) is 0 Å². The fourth-order valence-electron chi connectivity index (χ4n) is 7.34. The molecule has 9 heteroatoms. The van der Waals surface area contributed by atoms with E-state index in [1.165, 1.54) is 10.4 Å². The maximum absolute atomic E-state index is 12.0. The Labute approximate surface area is 317 Å². The van der Waals surface area contributed by atoms with E-state index in [0.717, 1.165) is 16.9 Å². The lowest BCUT2D eigenvalue weighted by Gasteiger charge is -2.43. The Bertz CT molecular complexity index is 1560. The largest absolute Gasteiger partial charge is 0.497 e. The summed E-state index contributed by atoms with van der Waals surface area (Å²) < 4.78 is 43.6. The number of aliphatic hydroxyl groups is 1. The van der Waals surface area contributed by atoms with E-state index in [1.807, 2.05) is 54.6 Å². The zero-order valence-corrected chi connectivity index (χ0v) is 33.2. The van der Waals surface area contributed by atoms with Crippen molar-refractivity contribution in [2.75, 3.05) is 34.2 Å². The molecule has 8 nitrogen and oxygen atoms in total. The van der Waals surface area contributed by atoms with E-state index in [-0.39, 0.29) is 23.9 Å². The first-order valence-corrected chi connectivity index (χ1v) is 20.6. The van der Waals surface area contributed by atoms with E-state index in [2.05, 4.69) is 88.4 Å². The predicted octanol–water partition coefficient (Wildman–Crippen LogP) is 6.91. The first kappa shape index (κ1) is 40.8. The van der Waals surface area contributed by atoms with Crippen molar-refractivity contribution in [2.24, 2.45) is 5.92 Å². The minimum Gasteiger partial charge on any atom is -0.497 e. The normalized spacial score (nSPS) is 19.5. The first-order valence-electron chi connectivity index (χ1n) is 18.7. The first-order chi connectivity index (χ1) is 25.7. The standard InChI is InChI=1S/C44H58O8Si/c1-33(26-27-48-29-34-16-10-7-11-17-34)43(50-32-46-5)42(45)40-28-39(49-30-35-22-24-36(47-6)25-23-35)41(52-40)31-51-53(44(2,3)4,37-18-12-8-13-19-37)38-20-14-9-15-21-38/h7-25,33,39-43,45H,26-32H2,1-6H3/t33-,39-,40+,41-,42?,43-/m0/s1. The Morgan fingerprint density at radius 1 is 0.792 bits per heavy atom. The van der Waals surface area contributed by atoms with Crippen LogP contribution in [-0.4, -0.2) is 78.2 Å². The van der Waals surface area contributed by atoms with E-state index in [0.29, 0.717) is 39.3 Å². The average Bonchev–Trinajstić information content (AvgIpc) is 3.60. The minimum absolute atomic E-state index is 0.0365. The summed E-state index contributed by atoms with van der Waals surface area (Å²) >= 11 is 0. The van der Waals surface area contributed by atoms with Gasteiger partial charge in [-0.3, -0.25) is 0 Å². The lowest BCUT2D eigenvalue weighted by Crippen LogP contribution is -2.67. The van der Waals surface area contributed by atoms with Gasteiger partial charge in [0.25, 0.3) is 8.32 Å². The number of hydrogen-bond acceptors (Lipinski definition) is 8. The number of hydrogen-bond donors (Lipinski definition) is 1. The highest BCUT2D eigenvalue weighted by molar-refractivity contribution is 6.99. The van der Waals surface area contributed by atoms with Crippen molar-refractivity contribution in [3.05, 3.63) is 126 Å². The van der Waals surface area contributed by atoms with Crippen molar-refractivity contribution in [3.8, 4) is 5.75 Å². The van der Waals surface area contributed by atoms with Crippen LogP contribution in [0.4, 0.5) is 0 Å². The summed E-state index contributed by atoms with van der Waals surface area (Å²) in [6, 6.07) is 39.2. The van der Waals surface area contributed by atoms with Crippen molar-refractivity contribution in [1.82, 2.24) is 0 Å². The summed E-state index contributed by atoms with van der Waals surface area (Å²) in [6.07, 6.45) is -1.60. The molecule has 1 N–H and O–H groups in total. The Morgan fingerprint density at radius 3 is 1.94 bits per heavy atom. The van der Waals surface area contributed by atoms with Crippen LogP contribution in [0.3, 0.4) is 0 Å². The molecule has 286 valence electrons. The van der Waals surface area contributed by atoms with Crippen LogP contribution in [0.5, 0.6) is 5.75 Å². The number of methoxy groups -OCH3 is 2. The molecule has 0 saturated carbocycles. The van der Waals surface area contributed by atoms with Crippen molar-refractivity contribution in [2.45, 2.75) is 89.3 Å². The van der Waals surface area contributed by atoms with E-state index in [9.17, 15) is 5.11 Å². The van der Waals surface area contributed by atoms with Gasteiger partial charge in [0.05, 0.1) is 45.2 Å². The highest BCUT2D eigenvalue weighted by Gasteiger charge is 2.52. The molecule has 5 rings (SSSR count). The monoisotopic (exact) mass is 742 g/mol. The second-order valence-electron chi connectivity index (χ2n) is 15.0. The molecule has 0 radical (unpaired) electrons. The fourth-order valence-corrected chi connectivity index (χ4v) is 11.9. The van der Waals surface area contributed by atoms with Gasteiger partial charge in [0, 0.05) is 20.1 Å². The summed E-state index contributed by atoms with van der Waals surface area (Å²) in [7, 11) is 0.385. The molecule has 1 aliphatic heterocycles. The fraction of sp³-hybridized carbons (Fsp3) is 0.455. The molecule has 1 unspecified atom stereocenters. The SMILES string of the molecule is COCO[C@H](C(O)[C@H]1C[C@H](OCc2ccc(OC)cc2)[C@H](CO[Si](c2ccccc2)(c2ccccc2)C(C)(C)C)O1)[C@@H](C)CCOCc1ccccc1. The van der Waals surface area contributed by atoms with Gasteiger partial charge in [-0.05, 0) is 51.0 Å². The molecule has 6 atom stereocenters. The maximum atomic E-state index is 12.0. The molecule has 0 aromatic heterocycles. The van der Waals surface area contributed by atoms with Gasteiger partial charge in [-0.2, -0.15) is 0 Å². The van der Waals surface area contributed by atoms with Crippen LogP contribution in [0.25, 0.3) is 0 Å². The van der Waals surface area contributed by atoms with Gasteiger partial charge >= 0.3 is 0 Å².